The van der Waals surface area contributed by atoms with Crippen LogP contribution < -0.4 is 5.84 Å². The second-order valence-electron chi connectivity index (χ2n) is 5.02. The van der Waals surface area contributed by atoms with Crippen LogP contribution in [0.4, 0.5) is 0 Å². The maximum Gasteiger partial charge on any atom is 0.180 e. The van der Waals surface area contributed by atoms with Crippen molar-refractivity contribution in [2.45, 2.75) is 6.92 Å². The van der Waals surface area contributed by atoms with Gasteiger partial charge in [-0.1, -0.05) is 18.2 Å². The molecule has 4 N–H and O–H groups in total. The quantitative estimate of drug-likeness (QED) is 0.305. The van der Waals surface area contributed by atoms with Crippen molar-refractivity contribution < 1.29 is 0 Å². The largest absolute Gasteiger partial charge is 0.360 e. The molecule has 3 aromatic heterocycles. The molecular weight excluding hydrogens is 310 g/mol. The van der Waals surface area contributed by atoms with Crippen molar-refractivity contribution in [1.82, 2.24) is 25.1 Å². The van der Waals surface area contributed by atoms with Crippen LogP contribution in [0.2, 0.25) is 0 Å². The fourth-order valence-corrected chi connectivity index (χ4v) is 3.27. The van der Waals surface area contributed by atoms with Gasteiger partial charge in [0.25, 0.3) is 0 Å². The van der Waals surface area contributed by atoms with Gasteiger partial charge in [0.1, 0.15) is 22.2 Å². The second kappa shape index (κ2) is 5.33. The lowest BCUT2D eigenvalue weighted by atomic mass is 10.1. The summed E-state index contributed by atoms with van der Waals surface area (Å²) in [4.78, 5) is 10.9. The van der Waals surface area contributed by atoms with Crippen molar-refractivity contribution in [3.05, 3.63) is 52.2 Å². The smallest absolute Gasteiger partial charge is 0.180 e. The highest BCUT2D eigenvalue weighted by molar-refractivity contribution is 7.12. The first-order chi connectivity index (χ1) is 11.3. The normalized spacial score (nSPS) is 12.1. The topological polar surface area (TPSA) is 109 Å². The second-order valence-corrected chi connectivity index (χ2v) is 5.88. The predicted molar refractivity (Wildman–Crippen MR) is 90.4 cm³/mol. The van der Waals surface area contributed by atoms with Gasteiger partial charge in [-0.05, 0) is 13.0 Å². The van der Waals surface area contributed by atoms with Crippen LogP contribution in [-0.2, 0) is 0 Å². The first kappa shape index (κ1) is 13.6. The summed E-state index contributed by atoms with van der Waals surface area (Å²) in [5.74, 6) is 7.03. The number of hydrogen-bond acceptors (Lipinski definition) is 6. The molecule has 0 spiro atoms. The number of H-pyrrole nitrogens is 2. The number of benzene rings is 1. The number of fused-ring (bicyclic) bond motifs is 1. The zero-order chi connectivity index (χ0) is 15.8. The van der Waals surface area contributed by atoms with Gasteiger partial charge in [-0.2, -0.15) is 5.10 Å². The van der Waals surface area contributed by atoms with Crippen molar-refractivity contribution in [3.8, 4) is 11.5 Å². The van der Waals surface area contributed by atoms with Crippen molar-refractivity contribution in [2.24, 2.45) is 10.9 Å². The predicted octanol–water partition coefficient (Wildman–Crippen LogP) is 2.43. The Morgan fingerprint density at radius 1 is 1.26 bits per heavy atom. The van der Waals surface area contributed by atoms with Gasteiger partial charge in [-0.15, -0.1) is 21.5 Å². The van der Waals surface area contributed by atoms with Gasteiger partial charge >= 0.3 is 0 Å². The molecule has 4 rings (SSSR count). The van der Waals surface area contributed by atoms with Crippen LogP contribution >= 0.6 is 11.3 Å². The number of thiazole rings is 1. The van der Waals surface area contributed by atoms with E-state index in [0.29, 0.717) is 11.5 Å². The van der Waals surface area contributed by atoms with Crippen LogP contribution in [0.15, 0.2) is 40.9 Å². The lowest BCUT2D eigenvalue weighted by molar-refractivity contribution is 1.04. The molecule has 114 valence electrons. The number of nitrogens with one attached hydrogen (secondary N) is 2. The molecule has 0 saturated carbocycles. The molecule has 0 bridgehead atoms. The van der Waals surface area contributed by atoms with Gasteiger partial charge < -0.3 is 15.8 Å². The molecule has 0 atom stereocenters. The monoisotopic (exact) mass is 323 g/mol. The van der Waals surface area contributed by atoms with Crippen LogP contribution in [0.25, 0.3) is 22.4 Å². The van der Waals surface area contributed by atoms with Gasteiger partial charge in [-0.3, -0.25) is 0 Å². The fraction of sp³-hybridized carbons (Fsp3) is 0.0667. The molecule has 0 amide bonds. The molecule has 7 nitrogen and oxygen atoms in total. The number of nitrogens with two attached hydrogens (primary N) is 1. The summed E-state index contributed by atoms with van der Waals surface area (Å²) < 4.78 is 0. The van der Waals surface area contributed by atoms with Crippen LogP contribution in [0, 0.1) is 6.92 Å². The molecule has 0 radical (unpaired) electrons. The van der Waals surface area contributed by atoms with Gasteiger partial charge in [0.2, 0.25) is 0 Å². The molecule has 0 saturated heterocycles. The number of aromatic amines is 2. The average Bonchev–Trinajstić information content (AvgIpc) is 3.28. The maximum absolute atomic E-state index is 5.64. The Morgan fingerprint density at radius 2 is 2.13 bits per heavy atom. The molecule has 8 heteroatoms. The minimum absolute atomic E-state index is 0.639. The Kier molecular flexibility index (Phi) is 3.16. The fourth-order valence-electron chi connectivity index (χ4n) is 2.46. The average molecular weight is 323 g/mol. The van der Waals surface area contributed by atoms with Gasteiger partial charge in [-0.25, -0.2) is 4.98 Å². The summed E-state index contributed by atoms with van der Waals surface area (Å²) in [6, 6.07) is 8.01. The number of aryl methyl sites for hydroxylation is 1. The summed E-state index contributed by atoms with van der Waals surface area (Å²) >= 11 is 1.47. The first-order valence-corrected chi connectivity index (χ1v) is 7.84. The molecule has 1 aromatic carbocycles. The lowest BCUT2D eigenvalue weighted by Gasteiger charge is -2.00. The number of rotatable bonds is 3. The van der Waals surface area contributed by atoms with E-state index in [4.69, 9.17) is 5.84 Å². The van der Waals surface area contributed by atoms with Crippen LogP contribution in [0.3, 0.4) is 0 Å². The minimum Gasteiger partial charge on any atom is -0.360 e. The number of nitrogens with zero attached hydrogens (tertiary/aromatic N) is 4. The van der Waals surface area contributed by atoms with Crippen molar-refractivity contribution >= 4 is 28.0 Å². The van der Waals surface area contributed by atoms with E-state index in [9.17, 15) is 0 Å². The van der Waals surface area contributed by atoms with E-state index in [1.807, 2.05) is 42.8 Å². The van der Waals surface area contributed by atoms with Crippen molar-refractivity contribution in [2.75, 3.05) is 0 Å². The highest BCUT2D eigenvalue weighted by Gasteiger charge is 2.17. The highest BCUT2D eigenvalue weighted by atomic mass is 32.1. The molecular formula is C15H13N7S. The van der Waals surface area contributed by atoms with Crippen molar-refractivity contribution in [1.29, 1.82) is 0 Å². The van der Waals surface area contributed by atoms with E-state index >= 15 is 0 Å². The maximum atomic E-state index is 5.64. The standard InChI is InChI=1S/C15H13N7S/c1-8-18-14(22-21-8)12-7-23-15(19-12)13(20-16)10-6-17-11-5-3-2-4-9(10)11/h2-7,17H,16H2,1H3,(H,18,21,22)/b20-13+. The zero-order valence-corrected chi connectivity index (χ0v) is 13.1. The number of aromatic nitrogens is 5. The van der Waals surface area contributed by atoms with E-state index in [2.05, 4.69) is 30.3 Å². The van der Waals surface area contributed by atoms with Gasteiger partial charge in [0, 0.05) is 28.0 Å². The summed E-state index contributed by atoms with van der Waals surface area (Å²) in [6.07, 6.45) is 1.90. The summed E-state index contributed by atoms with van der Waals surface area (Å²) in [5, 5.41) is 15.7. The highest BCUT2D eigenvalue weighted by Crippen LogP contribution is 2.25. The van der Waals surface area contributed by atoms with E-state index in [0.717, 1.165) is 33.0 Å². The van der Waals surface area contributed by atoms with Gasteiger partial charge in [0.15, 0.2) is 5.82 Å². The Balaban J connectivity index is 1.78. The molecule has 23 heavy (non-hydrogen) atoms. The molecule has 0 fully saturated rings. The Labute approximate surface area is 135 Å². The Bertz CT molecular complexity index is 1010. The molecule has 0 aliphatic carbocycles. The van der Waals surface area contributed by atoms with Crippen LogP contribution in [-0.4, -0.2) is 30.9 Å². The number of hydrazone groups is 1. The third-order valence-corrected chi connectivity index (χ3v) is 4.37. The Hall–Kier alpha value is -3.00. The van der Waals surface area contributed by atoms with E-state index in [-0.39, 0.29) is 0 Å². The zero-order valence-electron chi connectivity index (χ0n) is 12.2. The molecule has 3 heterocycles. The molecule has 0 aliphatic heterocycles. The van der Waals surface area contributed by atoms with Crippen LogP contribution in [0.5, 0.6) is 0 Å². The Morgan fingerprint density at radius 3 is 2.91 bits per heavy atom. The number of para-hydroxylation sites is 1. The third-order valence-electron chi connectivity index (χ3n) is 3.52. The summed E-state index contributed by atoms with van der Waals surface area (Å²) in [7, 11) is 0. The number of hydrogen-bond donors (Lipinski definition) is 3. The molecule has 4 aromatic rings. The van der Waals surface area contributed by atoms with E-state index in [1.54, 1.807) is 0 Å². The molecule has 0 aliphatic rings. The van der Waals surface area contributed by atoms with E-state index in [1.165, 1.54) is 11.3 Å². The van der Waals surface area contributed by atoms with E-state index < -0.39 is 0 Å². The van der Waals surface area contributed by atoms with Crippen LogP contribution in [0.1, 0.15) is 16.4 Å². The third kappa shape index (κ3) is 2.29. The summed E-state index contributed by atoms with van der Waals surface area (Å²) in [6.45, 7) is 1.85. The first-order valence-electron chi connectivity index (χ1n) is 6.96. The SMILES string of the molecule is Cc1nnc(-c2csc(/C(=N/N)c3c[nH]c4ccccc34)n2)[nH]1. The van der Waals surface area contributed by atoms with Crippen molar-refractivity contribution in [3.63, 3.8) is 0 Å². The summed E-state index contributed by atoms with van der Waals surface area (Å²) in [5.41, 5.74) is 3.34. The molecule has 0 unspecified atom stereocenters. The minimum atomic E-state index is 0.639. The van der Waals surface area contributed by atoms with Gasteiger partial charge in [0.05, 0.1) is 0 Å². The lowest BCUT2D eigenvalue weighted by Crippen LogP contribution is -2.05.